The van der Waals surface area contributed by atoms with Gasteiger partial charge < -0.3 is 9.30 Å². The van der Waals surface area contributed by atoms with Gasteiger partial charge in [0.15, 0.2) is 5.78 Å². The van der Waals surface area contributed by atoms with Gasteiger partial charge in [-0.05, 0) is 31.5 Å². The molecular weight excluding hydrogens is 242 g/mol. The van der Waals surface area contributed by atoms with Crippen LogP contribution in [0.2, 0.25) is 0 Å². The molecule has 2 rings (SSSR count). The van der Waals surface area contributed by atoms with Crippen molar-refractivity contribution < 1.29 is 14.3 Å². The monoisotopic (exact) mass is 259 g/mol. The van der Waals surface area contributed by atoms with Crippen LogP contribution in [0.3, 0.4) is 0 Å². The van der Waals surface area contributed by atoms with E-state index in [9.17, 15) is 9.59 Å². The lowest BCUT2D eigenvalue weighted by atomic mass is 10.1. The summed E-state index contributed by atoms with van der Waals surface area (Å²) in [5, 5.41) is 1.13. The molecule has 2 aromatic rings. The highest BCUT2D eigenvalue weighted by atomic mass is 16.5. The molecule has 19 heavy (non-hydrogen) atoms. The van der Waals surface area contributed by atoms with E-state index in [1.807, 2.05) is 42.0 Å². The molecule has 4 nitrogen and oxygen atoms in total. The van der Waals surface area contributed by atoms with Crippen molar-refractivity contribution in [3.63, 3.8) is 0 Å². The van der Waals surface area contributed by atoms with Crippen LogP contribution in [0.5, 0.6) is 0 Å². The smallest absolute Gasteiger partial charge is 0.313 e. The molecule has 0 spiro atoms. The Bertz CT molecular complexity index is 613. The van der Waals surface area contributed by atoms with Crippen molar-refractivity contribution in [3.8, 4) is 0 Å². The summed E-state index contributed by atoms with van der Waals surface area (Å²) in [7, 11) is 0. The van der Waals surface area contributed by atoms with E-state index in [1.54, 1.807) is 6.92 Å². The van der Waals surface area contributed by atoms with Gasteiger partial charge in [0.05, 0.1) is 13.2 Å². The summed E-state index contributed by atoms with van der Waals surface area (Å²) in [5.74, 6) is -0.599. The van der Waals surface area contributed by atoms with Gasteiger partial charge in [0.1, 0.15) is 6.42 Å². The van der Waals surface area contributed by atoms with Crippen LogP contribution in [-0.2, 0) is 20.9 Å². The summed E-state index contributed by atoms with van der Waals surface area (Å²) in [5.41, 5.74) is 2.19. The van der Waals surface area contributed by atoms with E-state index in [-0.39, 0.29) is 18.7 Å². The second-order valence-corrected chi connectivity index (χ2v) is 4.47. The average molecular weight is 259 g/mol. The molecule has 1 heterocycles. The molecule has 0 fully saturated rings. The fourth-order valence-corrected chi connectivity index (χ4v) is 2.13. The highest BCUT2D eigenvalue weighted by Gasteiger charge is 2.12. The number of ketones is 1. The van der Waals surface area contributed by atoms with Crippen molar-refractivity contribution >= 4 is 22.7 Å². The highest BCUT2D eigenvalue weighted by Crippen LogP contribution is 2.19. The largest absolute Gasteiger partial charge is 0.466 e. The van der Waals surface area contributed by atoms with Gasteiger partial charge in [0, 0.05) is 17.1 Å². The Morgan fingerprint density at radius 1 is 1.26 bits per heavy atom. The molecule has 1 aromatic heterocycles. The topological polar surface area (TPSA) is 48.3 Å². The van der Waals surface area contributed by atoms with Crippen LogP contribution >= 0.6 is 0 Å². The summed E-state index contributed by atoms with van der Waals surface area (Å²) in [4.78, 5) is 23.0. The van der Waals surface area contributed by atoms with Gasteiger partial charge in [-0.1, -0.05) is 12.1 Å². The first-order valence-electron chi connectivity index (χ1n) is 6.33. The number of hydrogen-bond donors (Lipinski definition) is 0. The summed E-state index contributed by atoms with van der Waals surface area (Å²) < 4.78 is 6.63. The Morgan fingerprint density at radius 2 is 2.05 bits per heavy atom. The molecule has 0 saturated heterocycles. The normalized spacial score (nSPS) is 10.6. The molecule has 0 bridgehead atoms. The minimum absolute atomic E-state index is 0.141. The predicted molar refractivity (Wildman–Crippen MR) is 72.9 cm³/mol. The number of fused-ring (bicyclic) bond motifs is 1. The number of rotatable bonds is 5. The number of nitrogens with zero attached hydrogens (tertiary/aromatic N) is 1. The maximum absolute atomic E-state index is 11.8. The molecule has 1 aromatic carbocycles. The molecule has 0 aliphatic heterocycles. The molecule has 100 valence electrons. The van der Waals surface area contributed by atoms with E-state index in [0.29, 0.717) is 6.61 Å². The molecule has 0 N–H and O–H groups in total. The second kappa shape index (κ2) is 5.69. The van der Waals surface area contributed by atoms with Crippen molar-refractivity contribution in [3.05, 3.63) is 36.0 Å². The van der Waals surface area contributed by atoms with Gasteiger partial charge in [-0.25, -0.2) is 0 Å². The first kappa shape index (κ1) is 13.3. The van der Waals surface area contributed by atoms with Crippen molar-refractivity contribution in [2.24, 2.45) is 0 Å². The minimum atomic E-state index is -0.458. The van der Waals surface area contributed by atoms with Crippen LogP contribution < -0.4 is 0 Å². The number of carbonyl (C=O) groups excluding carboxylic acids is 2. The van der Waals surface area contributed by atoms with Gasteiger partial charge in [-0.3, -0.25) is 9.59 Å². The van der Waals surface area contributed by atoms with Crippen LogP contribution in [0.4, 0.5) is 0 Å². The van der Waals surface area contributed by atoms with Gasteiger partial charge in [-0.2, -0.15) is 0 Å². The molecule has 0 unspecified atom stereocenters. The summed E-state index contributed by atoms with van der Waals surface area (Å²) >= 11 is 0. The Labute approximate surface area is 112 Å². The molecule has 0 radical (unpaired) electrons. The lowest BCUT2D eigenvalue weighted by Crippen LogP contribution is -2.15. The van der Waals surface area contributed by atoms with Crippen LogP contribution in [0.25, 0.3) is 10.9 Å². The first-order valence-corrected chi connectivity index (χ1v) is 6.33. The maximum Gasteiger partial charge on any atom is 0.313 e. The van der Waals surface area contributed by atoms with Gasteiger partial charge in [-0.15, -0.1) is 0 Å². The zero-order chi connectivity index (χ0) is 13.8. The number of aromatic nitrogens is 1. The summed E-state index contributed by atoms with van der Waals surface area (Å²) in [6, 6.07) is 7.96. The Balaban J connectivity index is 2.11. The molecule has 0 amide bonds. The lowest BCUT2D eigenvalue weighted by Gasteiger charge is -2.05. The predicted octanol–water partition coefficient (Wildman–Crippen LogP) is 2.47. The Kier molecular flexibility index (Phi) is 4.00. The fraction of sp³-hybridized carbons (Fsp3) is 0.333. The van der Waals surface area contributed by atoms with E-state index in [2.05, 4.69) is 0 Å². The van der Waals surface area contributed by atoms with E-state index >= 15 is 0 Å². The second-order valence-electron chi connectivity index (χ2n) is 4.47. The lowest BCUT2D eigenvalue weighted by molar-refractivity contribution is -0.145. The maximum atomic E-state index is 11.8. The van der Waals surface area contributed by atoms with Crippen LogP contribution in [0.15, 0.2) is 30.5 Å². The third kappa shape index (κ3) is 3.02. The van der Waals surface area contributed by atoms with Crippen LogP contribution in [0.1, 0.15) is 18.9 Å². The van der Waals surface area contributed by atoms with E-state index in [4.69, 9.17) is 4.74 Å². The number of benzene rings is 1. The standard InChI is InChI=1S/C15H17NO3/c1-3-19-15(18)9-12(17)10-16-8-7-13-11(2)5-4-6-14(13)16/h4-8H,3,9-10H2,1-2H3. The quantitative estimate of drug-likeness (QED) is 0.612. The third-order valence-corrected chi connectivity index (χ3v) is 3.03. The van der Waals surface area contributed by atoms with Crippen LogP contribution in [-0.4, -0.2) is 22.9 Å². The molecule has 0 aliphatic carbocycles. The molecular formula is C15H17NO3. The molecule has 0 saturated carbocycles. The highest BCUT2D eigenvalue weighted by molar-refractivity contribution is 5.96. The summed E-state index contributed by atoms with van der Waals surface area (Å²) in [6.07, 6.45) is 1.71. The van der Waals surface area contributed by atoms with E-state index in [1.165, 1.54) is 5.56 Å². The zero-order valence-electron chi connectivity index (χ0n) is 11.2. The van der Waals surface area contributed by atoms with Crippen molar-refractivity contribution in [1.29, 1.82) is 0 Å². The van der Waals surface area contributed by atoms with Crippen molar-refractivity contribution in [2.75, 3.05) is 6.61 Å². The number of aryl methyl sites for hydroxylation is 1. The SMILES string of the molecule is CCOC(=O)CC(=O)Cn1ccc2c(C)cccc21. The molecule has 0 aliphatic rings. The average Bonchev–Trinajstić information content (AvgIpc) is 2.74. The Morgan fingerprint density at radius 3 is 2.79 bits per heavy atom. The fourth-order valence-electron chi connectivity index (χ4n) is 2.13. The molecule has 0 atom stereocenters. The number of ether oxygens (including phenoxy) is 1. The van der Waals surface area contributed by atoms with Gasteiger partial charge in [0.2, 0.25) is 0 Å². The minimum Gasteiger partial charge on any atom is -0.466 e. The Hall–Kier alpha value is -2.10. The van der Waals surface area contributed by atoms with Gasteiger partial charge in [0.25, 0.3) is 0 Å². The van der Waals surface area contributed by atoms with E-state index < -0.39 is 5.97 Å². The first-order chi connectivity index (χ1) is 9.11. The van der Waals surface area contributed by atoms with E-state index in [0.717, 1.165) is 10.9 Å². The number of carbonyl (C=O) groups is 2. The summed E-state index contributed by atoms with van der Waals surface area (Å²) in [6.45, 7) is 4.27. The van der Waals surface area contributed by atoms with Gasteiger partial charge >= 0.3 is 5.97 Å². The zero-order valence-corrected chi connectivity index (χ0v) is 11.2. The van der Waals surface area contributed by atoms with Crippen molar-refractivity contribution in [2.45, 2.75) is 26.8 Å². The number of hydrogen-bond acceptors (Lipinski definition) is 3. The van der Waals surface area contributed by atoms with Crippen molar-refractivity contribution in [1.82, 2.24) is 4.57 Å². The number of Topliss-reactive ketones (excluding diaryl/α,β-unsaturated/α-hetero) is 1. The third-order valence-electron chi connectivity index (χ3n) is 3.03. The van der Waals surface area contributed by atoms with Crippen LogP contribution in [0, 0.1) is 6.92 Å². The number of esters is 1. The molecule has 4 heteroatoms.